The van der Waals surface area contributed by atoms with Crippen LogP contribution >= 0.6 is 23.2 Å². The van der Waals surface area contributed by atoms with Gasteiger partial charge in [0.2, 0.25) is 5.91 Å². The van der Waals surface area contributed by atoms with Gasteiger partial charge in [0, 0.05) is 11.6 Å². The highest BCUT2D eigenvalue weighted by atomic mass is 35.5. The molecule has 0 aromatic heterocycles. The predicted molar refractivity (Wildman–Crippen MR) is 90.1 cm³/mol. The van der Waals surface area contributed by atoms with E-state index in [1.54, 1.807) is 30.3 Å². The van der Waals surface area contributed by atoms with Gasteiger partial charge in [-0.3, -0.25) is 19.3 Å². The van der Waals surface area contributed by atoms with Crippen molar-refractivity contribution in [1.29, 1.82) is 0 Å². The summed E-state index contributed by atoms with van der Waals surface area (Å²) in [7, 11) is 0. The van der Waals surface area contributed by atoms with Crippen molar-refractivity contribution in [3.05, 3.63) is 69.2 Å². The van der Waals surface area contributed by atoms with E-state index in [1.165, 1.54) is 12.1 Å². The Morgan fingerprint density at radius 2 is 1.71 bits per heavy atom. The Labute approximate surface area is 148 Å². The molecule has 3 amide bonds. The number of amides is 3. The lowest BCUT2D eigenvalue weighted by molar-refractivity contribution is -0.121. The third-order valence-electron chi connectivity index (χ3n) is 3.65. The van der Waals surface area contributed by atoms with Crippen molar-refractivity contribution in [3.8, 4) is 0 Å². The molecule has 0 atom stereocenters. The van der Waals surface area contributed by atoms with Crippen molar-refractivity contribution >= 4 is 40.9 Å². The highest BCUT2D eigenvalue weighted by Crippen LogP contribution is 2.28. The Bertz CT molecular complexity index is 834. The summed E-state index contributed by atoms with van der Waals surface area (Å²) in [6, 6.07) is 11.7. The summed E-state index contributed by atoms with van der Waals surface area (Å²) in [5, 5.41) is 3.47. The third-order valence-corrected chi connectivity index (χ3v) is 4.22. The zero-order valence-corrected chi connectivity index (χ0v) is 13.9. The maximum atomic E-state index is 12.3. The number of hydrogen-bond donors (Lipinski definition) is 1. The molecule has 0 bridgehead atoms. The summed E-state index contributed by atoms with van der Waals surface area (Å²) < 4.78 is 0. The van der Waals surface area contributed by atoms with Crippen LogP contribution in [0.5, 0.6) is 0 Å². The van der Waals surface area contributed by atoms with Crippen LogP contribution in [0.3, 0.4) is 0 Å². The lowest BCUT2D eigenvalue weighted by atomic mass is 10.1. The van der Waals surface area contributed by atoms with Crippen LogP contribution in [0.4, 0.5) is 0 Å². The summed E-state index contributed by atoms with van der Waals surface area (Å²) in [5.41, 5.74) is 1.23. The Hall–Kier alpha value is -2.37. The fraction of sp³-hybridized carbons (Fsp3) is 0.118. The molecule has 1 aliphatic rings. The van der Waals surface area contributed by atoms with Crippen molar-refractivity contribution in [2.75, 3.05) is 6.54 Å². The molecule has 1 heterocycles. The lowest BCUT2D eigenvalue weighted by Crippen LogP contribution is -2.40. The standard InChI is InChI=1S/C17H12Cl2N2O3/c18-11-6-4-10(5-7-11)8-20-14(22)9-21-16(23)12-2-1-3-13(19)15(12)17(21)24/h1-7H,8-9H2,(H,20,22). The van der Waals surface area contributed by atoms with Crippen LogP contribution in [0, 0.1) is 0 Å². The second kappa shape index (κ2) is 6.63. The fourth-order valence-corrected chi connectivity index (χ4v) is 2.82. The van der Waals surface area contributed by atoms with Gasteiger partial charge >= 0.3 is 0 Å². The van der Waals surface area contributed by atoms with Gasteiger partial charge < -0.3 is 5.32 Å². The number of carbonyl (C=O) groups excluding carboxylic acids is 3. The first-order chi connectivity index (χ1) is 11.5. The summed E-state index contributed by atoms with van der Waals surface area (Å²) in [6.07, 6.45) is 0. The minimum absolute atomic E-state index is 0.148. The summed E-state index contributed by atoms with van der Waals surface area (Å²) >= 11 is 11.8. The number of fused-ring (bicyclic) bond motifs is 1. The van der Waals surface area contributed by atoms with Crippen molar-refractivity contribution in [2.45, 2.75) is 6.54 Å². The highest BCUT2D eigenvalue weighted by molar-refractivity contribution is 6.37. The summed E-state index contributed by atoms with van der Waals surface area (Å²) in [5.74, 6) is -1.50. The largest absolute Gasteiger partial charge is 0.350 e. The number of nitrogens with one attached hydrogen (secondary N) is 1. The molecule has 122 valence electrons. The number of imide groups is 1. The van der Waals surface area contributed by atoms with Crippen LogP contribution in [0.25, 0.3) is 0 Å². The van der Waals surface area contributed by atoms with Crippen LogP contribution < -0.4 is 5.32 Å². The van der Waals surface area contributed by atoms with Crippen LogP contribution in [0.1, 0.15) is 26.3 Å². The Morgan fingerprint density at radius 1 is 1.00 bits per heavy atom. The van der Waals surface area contributed by atoms with Crippen molar-refractivity contribution in [3.63, 3.8) is 0 Å². The summed E-state index contributed by atoms with van der Waals surface area (Å²) in [6.45, 7) is -0.0732. The van der Waals surface area contributed by atoms with Crippen LogP contribution in [-0.2, 0) is 11.3 Å². The molecule has 0 saturated carbocycles. The van der Waals surface area contributed by atoms with Gasteiger partial charge in [-0.15, -0.1) is 0 Å². The molecule has 0 unspecified atom stereocenters. The van der Waals surface area contributed by atoms with E-state index < -0.39 is 17.7 Å². The van der Waals surface area contributed by atoms with E-state index in [4.69, 9.17) is 23.2 Å². The second-order valence-corrected chi connectivity index (χ2v) is 6.11. The van der Waals surface area contributed by atoms with Gasteiger partial charge in [-0.2, -0.15) is 0 Å². The molecular formula is C17H12Cl2N2O3. The van der Waals surface area contributed by atoms with Gasteiger partial charge in [0.1, 0.15) is 6.54 Å². The average molecular weight is 363 g/mol. The van der Waals surface area contributed by atoms with E-state index >= 15 is 0 Å². The molecule has 0 fully saturated rings. The van der Waals surface area contributed by atoms with Gasteiger partial charge in [0.15, 0.2) is 0 Å². The number of benzene rings is 2. The zero-order chi connectivity index (χ0) is 17.3. The molecule has 3 rings (SSSR count). The number of halogens is 2. The molecule has 0 saturated heterocycles. The normalized spacial score (nSPS) is 13.2. The van der Waals surface area contributed by atoms with E-state index in [0.29, 0.717) is 5.02 Å². The van der Waals surface area contributed by atoms with Crippen molar-refractivity contribution in [2.24, 2.45) is 0 Å². The first-order valence-corrected chi connectivity index (χ1v) is 7.89. The van der Waals surface area contributed by atoms with Gasteiger partial charge in [0.25, 0.3) is 11.8 Å². The van der Waals surface area contributed by atoms with E-state index in [9.17, 15) is 14.4 Å². The van der Waals surface area contributed by atoms with Crippen molar-refractivity contribution < 1.29 is 14.4 Å². The first-order valence-electron chi connectivity index (χ1n) is 7.13. The van der Waals surface area contributed by atoms with Gasteiger partial charge in [0.05, 0.1) is 16.1 Å². The molecule has 0 aliphatic carbocycles. The SMILES string of the molecule is O=C(CN1C(=O)c2cccc(Cl)c2C1=O)NCc1ccc(Cl)cc1. The molecule has 2 aromatic carbocycles. The van der Waals surface area contributed by atoms with Crippen molar-refractivity contribution in [1.82, 2.24) is 10.2 Å². The Balaban J connectivity index is 1.65. The Morgan fingerprint density at radius 3 is 2.38 bits per heavy atom. The highest BCUT2D eigenvalue weighted by Gasteiger charge is 2.38. The van der Waals surface area contributed by atoms with E-state index in [1.807, 2.05) is 0 Å². The molecule has 5 nitrogen and oxygen atoms in total. The predicted octanol–water partition coefficient (Wildman–Crippen LogP) is 2.91. The fourth-order valence-electron chi connectivity index (χ4n) is 2.44. The van der Waals surface area contributed by atoms with E-state index in [-0.39, 0.29) is 29.2 Å². The van der Waals surface area contributed by atoms with Gasteiger partial charge in [-0.05, 0) is 29.8 Å². The minimum Gasteiger partial charge on any atom is -0.350 e. The zero-order valence-electron chi connectivity index (χ0n) is 12.4. The molecule has 0 radical (unpaired) electrons. The second-order valence-electron chi connectivity index (χ2n) is 5.26. The molecular weight excluding hydrogens is 351 g/mol. The summed E-state index contributed by atoms with van der Waals surface area (Å²) in [4.78, 5) is 37.5. The number of hydrogen-bond acceptors (Lipinski definition) is 3. The van der Waals surface area contributed by atoms with Crippen LogP contribution in [0.15, 0.2) is 42.5 Å². The number of nitrogens with zero attached hydrogens (tertiary/aromatic N) is 1. The smallest absolute Gasteiger partial charge is 0.263 e. The maximum Gasteiger partial charge on any atom is 0.263 e. The maximum absolute atomic E-state index is 12.3. The lowest BCUT2D eigenvalue weighted by Gasteiger charge is -2.13. The van der Waals surface area contributed by atoms with Crippen LogP contribution in [0.2, 0.25) is 10.0 Å². The number of carbonyl (C=O) groups is 3. The first kappa shape index (κ1) is 16.5. The third kappa shape index (κ3) is 3.13. The minimum atomic E-state index is -0.553. The molecule has 1 aliphatic heterocycles. The average Bonchev–Trinajstić information content (AvgIpc) is 2.80. The quantitative estimate of drug-likeness (QED) is 0.850. The monoisotopic (exact) mass is 362 g/mol. The van der Waals surface area contributed by atoms with Gasteiger partial charge in [-0.25, -0.2) is 0 Å². The van der Waals surface area contributed by atoms with E-state index in [2.05, 4.69) is 5.32 Å². The molecule has 0 spiro atoms. The molecule has 24 heavy (non-hydrogen) atoms. The molecule has 7 heteroatoms. The molecule has 1 N–H and O–H groups in total. The Kier molecular flexibility index (Phi) is 4.55. The number of rotatable bonds is 4. The molecule has 2 aromatic rings. The van der Waals surface area contributed by atoms with Gasteiger partial charge in [-0.1, -0.05) is 41.4 Å². The topological polar surface area (TPSA) is 66.5 Å². The van der Waals surface area contributed by atoms with E-state index in [0.717, 1.165) is 10.5 Å². The van der Waals surface area contributed by atoms with Crippen LogP contribution in [-0.4, -0.2) is 29.2 Å².